The number of fused-ring (bicyclic) bond motifs is 1. The fourth-order valence-electron chi connectivity index (χ4n) is 2.44. The summed E-state index contributed by atoms with van der Waals surface area (Å²) in [7, 11) is 0. The van der Waals surface area contributed by atoms with Gasteiger partial charge in [-0.2, -0.15) is 13.2 Å². The van der Waals surface area contributed by atoms with Gasteiger partial charge in [-0.25, -0.2) is 0 Å². The number of nitrogens with one attached hydrogen (secondary N) is 1. The Morgan fingerprint density at radius 3 is 2.65 bits per heavy atom. The first-order valence-corrected chi connectivity index (χ1v) is 6.80. The maximum Gasteiger partial charge on any atom is 0.416 e. The Morgan fingerprint density at radius 2 is 1.91 bits per heavy atom. The number of hydrogen-bond acceptors (Lipinski definition) is 3. The van der Waals surface area contributed by atoms with E-state index in [4.69, 9.17) is 4.74 Å². The fourth-order valence-corrected chi connectivity index (χ4v) is 2.44. The van der Waals surface area contributed by atoms with Crippen LogP contribution in [0.5, 0.6) is 11.5 Å². The van der Waals surface area contributed by atoms with Gasteiger partial charge in [-0.1, -0.05) is 18.2 Å². The second-order valence-electron chi connectivity index (χ2n) is 5.14. The molecule has 23 heavy (non-hydrogen) atoms. The molecule has 1 amide bonds. The van der Waals surface area contributed by atoms with Crippen LogP contribution in [0.3, 0.4) is 0 Å². The average Bonchev–Trinajstić information content (AvgIpc) is 2.48. The summed E-state index contributed by atoms with van der Waals surface area (Å²) in [6.45, 7) is 0. The lowest BCUT2D eigenvalue weighted by Gasteiger charge is -2.26. The van der Waals surface area contributed by atoms with Crippen molar-refractivity contribution in [1.82, 2.24) is 0 Å². The Morgan fingerprint density at radius 1 is 1.17 bits per heavy atom. The van der Waals surface area contributed by atoms with E-state index >= 15 is 0 Å². The molecule has 1 aliphatic heterocycles. The van der Waals surface area contributed by atoms with E-state index in [0.29, 0.717) is 5.69 Å². The molecule has 7 heteroatoms. The van der Waals surface area contributed by atoms with Gasteiger partial charge in [0, 0.05) is 12.5 Å². The molecule has 0 aliphatic carbocycles. The van der Waals surface area contributed by atoms with Crippen molar-refractivity contribution in [3.63, 3.8) is 0 Å². The van der Waals surface area contributed by atoms with Crippen molar-refractivity contribution in [2.75, 3.05) is 5.32 Å². The van der Waals surface area contributed by atoms with Crippen molar-refractivity contribution >= 4 is 11.6 Å². The zero-order valence-electron chi connectivity index (χ0n) is 11.7. The highest BCUT2D eigenvalue weighted by Crippen LogP contribution is 2.36. The number of halogens is 3. The van der Waals surface area contributed by atoms with Crippen molar-refractivity contribution in [1.29, 1.82) is 0 Å². The van der Waals surface area contributed by atoms with E-state index in [1.54, 1.807) is 0 Å². The lowest BCUT2D eigenvalue weighted by molar-refractivity contribution is -0.138. The highest BCUT2D eigenvalue weighted by molar-refractivity contribution is 5.98. The maximum absolute atomic E-state index is 13.0. The van der Waals surface area contributed by atoms with E-state index < -0.39 is 23.8 Å². The van der Waals surface area contributed by atoms with E-state index in [9.17, 15) is 23.1 Å². The van der Waals surface area contributed by atoms with E-state index in [-0.39, 0.29) is 23.5 Å². The van der Waals surface area contributed by atoms with Crippen LogP contribution >= 0.6 is 0 Å². The van der Waals surface area contributed by atoms with Gasteiger partial charge < -0.3 is 15.2 Å². The van der Waals surface area contributed by atoms with Crippen LogP contribution in [0.1, 0.15) is 11.1 Å². The molecule has 0 bridgehead atoms. The van der Waals surface area contributed by atoms with Crippen molar-refractivity contribution in [2.45, 2.75) is 18.7 Å². The SMILES string of the molecule is O=C1Nc2ccc(O)cc2OC1Cc1ccccc1C(F)(F)F. The quantitative estimate of drug-likeness (QED) is 0.833. The van der Waals surface area contributed by atoms with Gasteiger partial charge in [0.2, 0.25) is 0 Å². The summed E-state index contributed by atoms with van der Waals surface area (Å²) in [5, 5.41) is 12.0. The largest absolute Gasteiger partial charge is 0.508 e. The van der Waals surface area contributed by atoms with E-state index in [0.717, 1.165) is 6.07 Å². The number of carbonyl (C=O) groups excluding carboxylic acids is 1. The van der Waals surface area contributed by atoms with Crippen LogP contribution in [0.4, 0.5) is 18.9 Å². The van der Waals surface area contributed by atoms with Crippen LogP contribution in [0.15, 0.2) is 42.5 Å². The molecule has 0 spiro atoms. The number of phenols is 1. The first-order chi connectivity index (χ1) is 10.8. The van der Waals surface area contributed by atoms with Crippen molar-refractivity contribution < 1.29 is 27.8 Å². The minimum Gasteiger partial charge on any atom is -0.508 e. The van der Waals surface area contributed by atoms with Gasteiger partial charge in [0.15, 0.2) is 6.10 Å². The lowest BCUT2D eigenvalue weighted by atomic mass is 10.00. The number of amides is 1. The Balaban J connectivity index is 1.88. The molecule has 120 valence electrons. The molecule has 1 unspecified atom stereocenters. The smallest absolute Gasteiger partial charge is 0.416 e. The third kappa shape index (κ3) is 3.08. The molecule has 4 nitrogen and oxygen atoms in total. The van der Waals surface area contributed by atoms with Crippen LogP contribution in [-0.4, -0.2) is 17.1 Å². The molecule has 1 atom stereocenters. The Bertz CT molecular complexity index is 758. The third-order valence-electron chi connectivity index (χ3n) is 3.51. The first-order valence-electron chi connectivity index (χ1n) is 6.80. The number of benzene rings is 2. The fraction of sp³-hybridized carbons (Fsp3) is 0.188. The predicted octanol–water partition coefficient (Wildman–Crippen LogP) is 3.35. The highest BCUT2D eigenvalue weighted by atomic mass is 19.4. The van der Waals surface area contributed by atoms with Crippen LogP contribution in [-0.2, 0) is 17.4 Å². The number of hydrogen-bond donors (Lipinski definition) is 2. The Kier molecular flexibility index (Phi) is 3.63. The number of phenolic OH excluding ortho intramolecular Hbond substituents is 1. The first kappa shape index (κ1) is 15.2. The van der Waals surface area contributed by atoms with E-state index in [1.807, 2.05) is 0 Å². The average molecular weight is 323 g/mol. The number of rotatable bonds is 2. The molecule has 1 heterocycles. The topological polar surface area (TPSA) is 58.6 Å². The highest BCUT2D eigenvalue weighted by Gasteiger charge is 2.35. The van der Waals surface area contributed by atoms with Gasteiger partial charge in [0.05, 0.1) is 11.3 Å². The predicted molar refractivity (Wildman–Crippen MR) is 76.3 cm³/mol. The van der Waals surface area contributed by atoms with Gasteiger partial charge in [-0.3, -0.25) is 4.79 Å². The molecule has 0 aromatic heterocycles. The lowest BCUT2D eigenvalue weighted by Crippen LogP contribution is -2.38. The number of aromatic hydroxyl groups is 1. The summed E-state index contributed by atoms with van der Waals surface area (Å²) >= 11 is 0. The molecule has 2 aromatic carbocycles. The molecule has 0 saturated carbocycles. The Labute approximate surface area is 129 Å². The van der Waals surface area contributed by atoms with Gasteiger partial charge in [-0.05, 0) is 23.8 Å². The zero-order chi connectivity index (χ0) is 16.6. The van der Waals surface area contributed by atoms with Gasteiger partial charge in [0.25, 0.3) is 5.91 Å². The molecule has 0 radical (unpaired) electrons. The molecular weight excluding hydrogens is 311 g/mol. The summed E-state index contributed by atoms with van der Waals surface area (Å²) < 4.78 is 44.5. The summed E-state index contributed by atoms with van der Waals surface area (Å²) in [5.41, 5.74) is -0.449. The Hall–Kier alpha value is -2.70. The molecule has 0 saturated heterocycles. The molecule has 2 aromatic rings. The minimum absolute atomic E-state index is 0.0243. The van der Waals surface area contributed by atoms with Crippen molar-refractivity contribution in [3.8, 4) is 11.5 Å². The number of ether oxygens (including phenoxy) is 1. The third-order valence-corrected chi connectivity index (χ3v) is 3.51. The maximum atomic E-state index is 13.0. The monoisotopic (exact) mass is 323 g/mol. The van der Waals surface area contributed by atoms with Crippen LogP contribution < -0.4 is 10.1 Å². The normalized spacial score (nSPS) is 17.2. The summed E-state index contributed by atoms with van der Waals surface area (Å²) in [6.07, 6.45) is -5.83. The standard InChI is InChI=1S/C16H12F3NO3/c17-16(18,19)11-4-2-1-3-9(11)7-14-15(22)20-12-6-5-10(21)8-13(12)23-14/h1-6,8,14,21H,7H2,(H,20,22). The van der Waals surface area contributed by atoms with Crippen molar-refractivity contribution in [3.05, 3.63) is 53.6 Å². The van der Waals surface area contributed by atoms with Gasteiger partial charge in [0.1, 0.15) is 11.5 Å². The van der Waals surface area contributed by atoms with Gasteiger partial charge >= 0.3 is 6.18 Å². The molecular formula is C16H12F3NO3. The van der Waals surface area contributed by atoms with Crippen molar-refractivity contribution in [2.24, 2.45) is 0 Å². The van der Waals surface area contributed by atoms with E-state index in [1.165, 1.54) is 36.4 Å². The second kappa shape index (κ2) is 5.49. The van der Waals surface area contributed by atoms with Crippen LogP contribution in [0.2, 0.25) is 0 Å². The summed E-state index contributed by atoms with van der Waals surface area (Å²) in [6, 6.07) is 9.20. The second-order valence-corrected chi connectivity index (χ2v) is 5.14. The van der Waals surface area contributed by atoms with E-state index in [2.05, 4.69) is 5.32 Å². The number of anilines is 1. The number of alkyl halides is 3. The molecule has 3 rings (SSSR count). The summed E-state index contributed by atoms with van der Waals surface area (Å²) in [4.78, 5) is 12.0. The molecule has 0 fully saturated rings. The minimum atomic E-state index is -4.50. The molecule has 1 aliphatic rings. The zero-order valence-corrected chi connectivity index (χ0v) is 11.7. The molecule has 2 N–H and O–H groups in total. The van der Waals surface area contributed by atoms with Crippen LogP contribution in [0, 0.1) is 0 Å². The number of carbonyl (C=O) groups is 1. The van der Waals surface area contributed by atoms with Gasteiger partial charge in [-0.15, -0.1) is 0 Å². The summed E-state index contributed by atoms with van der Waals surface area (Å²) in [5.74, 6) is -0.367. The van der Waals surface area contributed by atoms with Crippen LogP contribution in [0.25, 0.3) is 0 Å².